The third-order valence-corrected chi connectivity index (χ3v) is 2.79. The maximum atomic E-state index is 5.74. The summed E-state index contributed by atoms with van der Waals surface area (Å²) in [7, 11) is 1.59. The maximum Gasteiger partial charge on any atom is 0.258 e. The predicted molar refractivity (Wildman–Crippen MR) is 71.4 cm³/mol. The van der Waals surface area contributed by atoms with Gasteiger partial charge in [0.2, 0.25) is 0 Å². The van der Waals surface area contributed by atoms with Gasteiger partial charge in [-0.3, -0.25) is 5.10 Å². The molecule has 0 atom stereocenters. The standard InChI is InChI=1S/C12H24N4O/c1-3-4-5-6-7-8-9-14-10-11(13)15-16-12(10)17-2/h14H,3-9H2,1-2H3,(H3,13,15,16). The number of H-pyrrole nitrogens is 1. The van der Waals surface area contributed by atoms with Gasteiger partial charge in [0.25, 0.3) is 5.88 Å². The Hall–Kier alpha value is -1.39. The van der Waals surface area contributed by atoms with Crippen molar-refractivity contribution in [3.05, 3.63) is 0 Å². The third-order valence-electron chi connectivity index (χ3n) is 2.79. The molecule has 0 bridgehead atoms. The highest BCUT2D eigenvalue weighted by Gasteiger charge is 2.09. The van der Waals surface area contributed by atoms with Gasteiger partial charge in [0.05, 0.1) is 7.11 Å². The third kappa shape index (κ3) is 4.54. The van der Waals surface area contributed by atoms with Gasteiger partial charge in [-0.05, 0) is 6.42 Å². The molecule has 0 aliphatic carbocycles. The lowest BCUT2D eigenvalue weighted by Gasteiger charge is -2.06. The molecule has 0 saturated heterocycles. The van der Waals surface area contributed by atoms with Crippen molar-refractivity contribution >= 4 is 11.5 Å². The lowest BCUT2D eigenvalue weighted by atomic mass is 10.1. The topological polar surface area (TPSA) is 76.0 Å². The van der Waals surface area contributed by atoms with Crippen molar-refractivity contribution in [2.45, 2.75) is 45.4 Å². The highest BCUT2D eigenvalue weighted by molar-refractivity contribution is 5.68. The largest absolute Gasteiger partial charge is 0.478 e. The summed E-state index contributed by atoms with van der Waals surface area (Å²) in [5, 5.41) is 9.90. The fourth-order valence-corrected chi connectivity index (χ4v) is 1.78. The number of hydrogen-bond donors (Lipinski definition) is 3. The van der Waals surface area contributed by atoms with Crippen LogP contribution in [-0.2, 0) is 0 Å². The van der Waals surface area contributed by atoms with Crippen LogP contribution in [0.4, 0.5) is 11.5 Å². The van der Waals surface area contributed by atoms with Gasteiger partial charge in [-0.2, -0.15) is 0 Å². The van der Waals surface area contributed by atoms with Crippen LogP contribution in [0.1, 0.15) is 45.4 Å². The molecule has 1 rings (SSSR count). The number of rotatable bonds is 9. The minimum absolute atomic E-state index is 0.535. The number of nitrogen functional groups attached to an aromatic ring is 1. The maximum absolute atomic E-state index is 5.74. The smallest absolute Gasteiger partial charge is 0.258 e. The molecule has 0 aliphatic heterocycles. The Morgan fingerprint density at radius 1 is 1.24 bits per heavy atom. The van der Waals surface area contributed by atoms with Crippen LogP contribution in [0.25, 0.3) is 0 Å². The average Bonchev–Trinajstić information content (AvgIpc) is 2.69. The van der Waals surface area contributed by atoms with E-state index < -0.39 is 0 Å². The molecule has 0 aliphatic rings. The van der Waals surface area contributed by atoms with Crippen molar-refractivity contribution in [1.82, 2.24) is 10.2 Å². The Morgan fingerprint density at radius 3 is 2.65 bits per heavy atom. The number of ether oxygens (including phenoxy) is 1. The molecular formula is C12H24N4O. The number of hydrogen-bond acceptors (Lipinski definition) is 4. The molecule has 0 amide bonds. The summed E-state index contributed by atoms with van der Waals surface area (Å²) in [5.41, 5.74) is 6.52. The van der Waals surface area contributed by atoms with Crippen molar-refractivity contribution in [1.29, 1.82) is 0 Å². The SMILES string of the molecule is CCCCCCCCNc1c(OC)n[nH]c1N. The van der Waals surface area contributed by atoms with Crippen LogP contribution in [-0.4, -0.2) is 23.9 Å². The van der Waals surface area contributed by atoms with E-state index in [9.17, 15) is 0 Å². The second-order valence-electron chi connectivity index (χ2n) is 4.22. The normalized spacial score (nSPS) is 10.5. The second kappa shape index (κ2) is 7.81. The molecule has 5 heteroatoms. The molecule has 0 aromatic carbocycles. The number of unbranched alkanes of at least 4 members (excludes halogenated alkanes) is 5. The lowest BCUT2D eigenvalue weighted by molar-refractivity contribution is 0.398. The van der Waals surface area contributed by atoms with Gasteiger partial charge < -0.3 is 15.8 Å². The summed E-state index contributed by atoms with van der Waals surface area (Å²) in [6.07, 6.45) is 7.70. The van der Waals surface area contributed by atoms with Crippen molar-refractivity contribution < 1.29 is 4.74 Å². The summed E-state index contributed by atoms with van der Waals surface area (Å²) in [6.45, 7) is 3.14. The van der Waals surface area contributed by atoms with Crippen LogP contribution in [0.5, 0.6) is 5.88 Å². The van der Waals surface area contributed by atoms with Crippen LogP contribution in [0.15, 0.2) is 0 Å². The molecule has 1 heterocycles. The first-order valence-corrected chi connectivity index (χ1v) is 6.41. The highest BCUT2D eigenvalue weighted by Crippen LogP contribution is 2.26. The molecule has 4 N–H and O–H groups in total. The van der Waals surface area contributed by atoms with Crippen LogP contribution >= 0.6 is 0 Å². The van der Waals surface area contributed by atoms with Crippen LogP contribution in [0.2, 0.25) is 0 Å². The minimum Gasteiger partial charge on any atom is -0.478 e. The predicted octanol–water partition coefficient (Wildman–Crippen LogP) is 2.77. The Kier molecular flexibility index (Phi) is 6.29. The minimum atomic E-state index is 0.535. The van der Waals surface area contributed by atoms with E-state index in [-0.39, 0.29) is 0 Å². The zero-order valence-electron chi connectivity index (χ0n) is 10.9. The van der Waals surface area contributed by atoms with Crippen LogP contribution in [0, 0.1) is 0 Å². The van der Waals surface area contributed by atoms with E-state index >= 15 is 0 Å². The van der Waals surface area contributed by atoms with Crippen molar-refractivity contribution in [2.24, 2.45) is 0 Å². The number of nitrogens with one attached hydrogen (secondary N) is 2. The van der Waals surface area contributed by atoms with Gasteiger partial charge in [-0.25, -0.2) is 0 Å². The zero-order valence-corrected chi connectivity index (χ0v) is 10.9. The molecule has 5 nitrogen and oxygen atoms in total. The zero-order chi connectivity index (χ0) is 12.5. The number of nitrogens with zero attached hydrogens (tertiary/aromatic N) is 1. The summed E-state index contributed by atoms with van der Waals surface area (Å²) < 4.78 is 5.09. The molecule has 0 radical (unpaired) electrons. The first kappa shape index (κ1) is 13.7. The van der Waals surface area contributed by atoms with Gasteiger partial charge in [0.1, 0.15) is 11.5 Å². The summed E-state index contributed by atoms with van der Waals surface area (Å²) in [6, 6.07) is 0. The molecular weight excluding hydrogens is 216 g/mol. The number of anilines is 2. The first-order valence-electron chi connectivity index (χ1n) is 6.41. The fourth-order valence-electron chi connectivity index (χ4n) is 1.78. The molecule has 0 unspecified atom stereocenters. The molecule has 0 fully saturated rings. The van der Waals surface area contributed by atoms with Crippen LogP contribution in [0.3, 0.4) is 0 Å². The molecule has 0 saturated carbocycles. The number of aromatic amines is 1. The monoisotopic (exact) mass is 240 g/mol. The number of methoxy groups -OCH3 is 1. The lowest BCUT2D eigenvalue weighted by Crippen LogP contribution is -2.04. The molecule has 0 spiro atoms. The van der Waals surface area contributed by atoms with Crippen molar-refractivity contribution in [3.63, 3.8) is 0 Å². The van der Waals surface area contributed by atoms with E-state index in [1.807, 2.05) is 0 Å². The van der Waals surface area contributed by atoms with Crippen molar-refractivity contribution in [2.75, 3.05) is 24.7 Å². The van der Waals surface area contributed by atoms with E-state index in [0.29, 0.717) is 11.7 Å². The average molecular weight is 240 g/mol. The Labute approximate surface area is 103 Å². The Bertz CT molecular complexity index is 311. The number of aromatic nitrogens is 2. The van der Waals surface area contributed by atoms with E-state index in [2.05, 4.69) is 22.4 Å². The summed E-state index contributed by atoms with van der Waals surface area (Å²) in [4.78, 5) is 0. The summed E-state index contributed by atoms with van der Waals surface area (Å²) in [5.74, 6) is 1.07. The van der Waals surface area contributed by atoms with E-state index in [1.54, 1.807) is 7.11 Å². The number of nitrogens with two attached hydrogens (primary N) is 1. The Morgan fingerprint density at radius 2 is 1.94 bits per heavy atom. The fraction of sp³-hybridized carbons (Fsp3) is 0.750. The summed E-state index contributed by atoms with van der Waals surface area (Å²) >= 11 is 0. The highest BCUT2D eigenvalue weighted by atomic mass is 16.5. The van der Waals surface area contributed by atoms with Crippen molar-refractivity contribution in [3.8, 4) is 5.88 Å². The van der Waals surface area contributed by atoms with E-state index in [4.69, 9.17) is 10.5 Å². The second-order valence-corrected chi connectivity index (χ2v) is 4.22. The van der Waals surface area contributed by atoms with E-state index in [0.717, 1.165) is 18.7 Å². The molecule has 17 heavy (non-hydrogen) atoms. The van der Waals surface area contributed by atoms with Crippen LogP contribution < -0.4 is 15.8 Å². The van der Waals surface area contributed by atoms with Gasteiger partial charge in [0, 0.05) is 6.54 Å². The van der Waals surface area contributed by atoms with Gasteiger partial charge in [0.15, 0.2) is 0 Å². The molecule has 98 valence electrons. The quantitative estimate of drug-likeness (QED) is 0.580. The molecule has 1 aromatic heterocycles. The first-order chi connectivity index (χ1) is 8.29. The van der Waals surface area contributed by atoms with Gasteiger partial charge in [-0.15, -0.1) is 5.10 Å². The van der Waals surface area contributed by atoms with E-state index in [1.165, 1.54) is 32.1 Å². The van der Waals surface area contributed by atoms with Gasteiger partial charge in [-0.1, -0.05) is 39.0 Å². The van der Waals surface area contributed by atoms with Gasteiger partial charge >= 0.3 is 0 Å². The molecule has 1 aromatic rings. The Balaban J connectivity index is 2.15.